The molecule has 2 N–H and O–H groups in total. The van der Waals surface area contributed by atoms with Crippen molar-refractivity contribution in [2.75, 3.05) is 57.4 Å². The number of para-hydroxylation sites is 1. The number of piperazine rings is 1. The molecular weight excluding hydrogens is 378 g/mol. The summed E-state index contributed by atoms with van der Waals surface area (Å²) in [4.78, 5) is 4.88. The van der Waals surface area contributed by atoms with Gasteiger partial charge in [0.1, 0.15) is 30.8 Å². The maximum absolute atomic E-state index is 9.92. The molecule has 3 rings (SSSR count). The zero-order chi connectivity index (χ0) is 21.2. The summed E-state index contributed by atoms with van der Waals surface area (Å²) in [7, 11) is 0. The van der Waals surface area contributed by atoms with E-state index in [0.29, 0.717) is 19.2 Å². The molecule has 30 heavy (non-hydrogen) atoms. The van der Waals surface area contributed by atoms with Crippen LogP contribution in [0.1, 0.15) is 13.8 Å². The predicted molar refractivity (Wildman–Crippen MR) is 122 cm³/mol. The molecule has 164 valence electrons. The molecule has 0 aromatic heterocycles. The van der Waals surface area contributed by atoms with E-state index in [0.717, 1.165) is 44.2 Å². The Labute approximate surface area is 180 Å². The lowest BCUT2D eigenvalue weighted by atomic mass is 10.2. The molecule has 2 aromatic carbocycles. The largest absolute Gasteiger partial charge is 0.492 e. The molecule has 1 heterocycles. The third-order valence-electron chi connectivity index (χ3n) is 5.20. The van der Waals surface area contributed by atoms with E-state index in [2.05, 4.69) is 59.3 Å². The number of nitrogens with one attached hydrogen (secondary N) is 1. The number of nitrogens with zero attached hydrogens (tertiary/aromatic N) is 2. The molecule has 1 unspecified atom stereocenters. The van der Waals surface area contributed by atoms with Gasteiger partial charge in [-0.2, -0.15) is 0 Å². The lowest BCUT2D eigenvalue weighted by molar-refractivity contribution is 0.104. The number of hydrogen-bond donors (Lipinski definition) is 2. The third kappa shape index (κ3) is 7.52. The van der Waals surface area contributed by atoms with Gasteiger partial charge in [-0.3, -0.25) is 4.90 Å². The Balaban J connectivity index is 1.31. The quantitative estimate of drug-likeness (QED) is 0.591. The Morgan fingerprint density at radius 1 is 0.900 bits per heavy atom. The zero-order valence-corrected chi connectivity index (χ0v) is 18.2. The highest BCUT2D eigenvalue weighted by molar-refractivity contribution is 5.46. The van der Waals surface area contributed by atoms with E-state index < -0.39 is 6.10 Å². The molecule has 0 bridgehead atoms. The average Bonchev–Trinajstić information content (AvgIpc) is 2.78. The minimum absolute atomic E-state index is 0.273. The Bertz CT molecular complexity index is 716. The topological polar surface area (TPSA) is 57.2 Å². The van der Waals surface area contributed by atoms with E-state index in [1.54, 1.807) is 0 Å². The summed E-state index contributed by atoms with van der Waals surface area (Å²) in [5.41, 5.74) is 1.31. The minimum Gasteiger partial charge on any atom is -0.492 e. The van der Waals surface area contributed by atoms with Gasteiger partial charge in [0.2, 0.25) is 0 Å². The van der Waals surface area contributed by atoms with Crippen LogP contribution in [0.3, 0.4) is 0 Å². The summed E-state index contributed by atoms with van der Waals surface area (Å²) < 4.78 is 11.5. The monoisotopic (exact) mass is 413 g/mol. The van der Waals surface area contributed by atoms with Crippen LogP contribution in [-0.4, -0.2) is 74.6 Å². The number of hydrogen-bond acceptors (Lipinski definition) is 6. The van der Waals surface area contributed by atoms with Crippen molar-refractivity contribution in [2.24, 2.45) is 0 Å². The number of rotatable bonds is 11. The van der Waals surface area contributed by atoms with Gasteiger partial charge in [-0.05, 0) is 36.4 Å². The van der Waals surface area contributed by atoms with E-state index in [1.165, 1.54) is 5.69 Å². The number of aliphatic hydroxyl groups excluding tert-OH is 1. The van der Waals surface area contributed by atoms with Gasteiger partial charge >= 0.3 is 0 Å². The normalized spacial score (nSPS) is 15.9. The SMILES string of the molecule is CC(C)NCC(O)COc1ccc(OCCN2CCN(c3ccccc3)CC2)cc1. The van der Waals surface area contributed by atoms with E-state index in [9.17, 15) is 5.11 Å². The second-order valence-corrected chi connectivity index (χ2v) is 8.01. The molecule has 0 spiro atoms. The zero-order valence-electron chi connectivity index (χ0n) is 18.2. The predicted octanol–water partition coefficient (Wildman–Crippen LogP) is 2.63. The van der Waals surface area contributed by atoms with Crippen molar-refractivity contribution in [2.45, 2.75) is 26.0 Å². The maximum Gasteiger partial charge on any atom is 0.119 e. The number of anilines is 1. The highest BCUT2D eigenvalue weighted by atomic mass is 16.5. The van der Waals surface area contributed by atoms with E-state index >= 15 is 0 Å². The molecule has 2 aromatic rings. The fourth-order valence-electron chi connectivity index (χ4n) is 3.42. The van der Waals surface area contributed by atoms with Crippen LogP contribution in [-0.2, 0) is 0 Å². The van der Waals surface area contributed by atoms with Crippen molar-refractivity contribution in [3.8, 4) is 11.5 Å². The first-order valence-electron chi connectivity index (χ1n) is 10.9. The van der Waals surface area contributed by atoms with Crippen molar-refractivity contribution in [3.05, 3.63) is 54.6 Å². The van der Waals surface area contributed by atoms with Crippen molar-refractivity contribution >= 4 is 5.69 Å². The summed E-state index contributed by atoms with van der Waals surface area (Å²) in [6.07, 6.45) is -0.523. The van der Waals surface area contributed by atoms with Gasteiger partial charge in [0.05, 0.1) is 0 Å². The van der Waals surface area contributed by atoms with Gasteiger partial charge in [-0.15, -0.1) is 0 Å². The van der Waals surface area contributed by atoms with Crippen LogP contribution in [0.5, 0.6) is 11.5 Å². The molecular formula is C24H35N3O3. The van der Waals surface area contributed by atoms with E-state index in [4.69, 9.17) is 9.47 Å². The van der Waals surface area contributed by atoms with Crippen molar-refractivity contribution < 1.29 is 14.6 Å². The average molecular weight is 414 g/mol. The van der Waals surface area contributed by atoms with Crippen LogP contribution in [0.15, 0.2) is 54.6 Å². The first kappa shape index (κ1) is 22.4. The van der Waals surface area contributed by atoms with Gasteiger partial charge in [0.25, 0.3) is 0 Å². The summed E-state index contributed by atoms with van der Waals surface area (Å²) in [6, 6.07) is 18.6. The van der Waals surface area contributed by atoms with Gasteiger partial charge in [0.15, 0.2) is 0 Å². The number of benzene rings is 2. The summed E-state index contributed by atoms with van der Waals surface area (Å²) in [6.45, 7) is 10.7. The molecule has 6 heteroatoms. The number of ether oxygens (including phenoxy) is 2. The second-order valence-electron chi connectivity index (χ2n) is 8.01. The first-order valence-corrected chi connectivity index (χ1v) is 10.9. The van der Waals surface area contributed by atoms with Gasteiger partial charge < -0.3 is 24.8 Å². The minimum atomic E-state index is -0.523. The lowest BCUT2D eigenvalue weighted by Crippen LogP contribution is -2.47. The fourth-order valence-corrected chi connectivity index (χ4v) is 3.42. The molecule has 1 saturated heterocycles. The second kappa shape index (κ2) is 11.8. The molecule has 0 saturated carbocycles. The Hall–Kier alpha value is -2.28. The maximum atomic E-state index is 9.92. The Kier molecular flexibility index (Phi) is 8.81. The Morgan fingerprint density at radius 2 is 1.53 bits per heavy atom. The molecule has 1 atom stereocenters. The van der Waals surface area contributed by atoms with Crippen LogP contribution in [0.4, 0.5) is 5.69 Å². The molecule has 0 amide bonds. The standard InChI is InChI=1S/C24H35N3O3/c1-20(2)25-18-22(28)19-30-24-10-8-23(9-11-24)29-17-16-26-12-14-27(15-13-26)21-6-4-3-5-7-21/h3-11,20,22,25,28H,12-19H2,1-2H3. The third-order valence-corrected chi connectivity index (χ3v) is 5.20. The lowest BCUT2D eigenvalue weighted by Gasteiger charge is -2.36. The molecule has 1 fully saturated rings. The van der Waals surface area contributed by atoms with Crippen LogP contribution in [0.2, 0.25) is 0 Å². The van der Waals surface area contributed by atoms with E-state index in [1.807, 2.05) is 24.3 Å². The molecule has 0 aliphatic carbocycles. The molecule has 1 aliphatic heterocycles. The highest BCUT2D eigenvalue weighted by Gasteiger charge is 2.16. The van der Waals surface area contributed by atoms with Crippen LogP contribution in [0, 0.1) is 0 Å². The molecule has 1 aliphatic rings. The van der Waals surface area contributed by atoms with Crippen molar-refractivity contribution in [1.29, 1.82) is 0 Å². The van der Waals surface area contributed by atoms with Crippen LogP contribution in [0.25, 0.3) is 0 Å². The van der Waals surface area contributed by atoms with Crippen molar-refractivity contribution in [1.82, 2.24) is 10.2 Å². The summed E-state index contributed by atoms with van der Waals surface area (Å²) in [5, 5.41) is 13.1. The van der Waals surface area contributed by atoms with Crippen LogP contribution < -0.4 is 19.7 Å². The summed E-state index contributed by atoms with van der Waals surface area (Å²) >= 11 is 0. The summed E-state index contributed by atoms with van der Waals surface area (Å²) in [5.74, 6) is 1.58. The fraction of sp³-hybridized carbons (Fsp3) is 0.500. The molecule has 0 radical (unpaired) electrons. The van der Waals surface area contributed by atoms with E-state index in [-0.39, 0.29) is 6.61 Å². The Morgan fingerprint density at radius 3 is 2.17 bits per heavy atom. The first-order chi connectivity index (χ1) is 14.6. The van der Waals surface area contributed by atoms with Crippen molar-refractivity contribution in [3.63, 3.8) is 0 Å². The van der Waals surface area contributed by atoms with Crippen LogP contribution >= 0.6 is 0 Å². The highest BCUT2D eigenvalue weighted by Crippen LogP contribution is 2.18. The smallest absolute Gasteiger partial charge is 0.119 e. The van der Waals surface area contributed by atoms with Gasteiger partial charge in [-0.25, -0.2) is 0 Å². The van der Waals surface area contributed by atoms with Gasteiger partial charge in [-0.1, -0.05) is 32.0 Å². The van der Waals surface area contributed by atoms with Gasteiger partial charge in [0, 0.05) is 51.0 Å². The number of aliphatic hydroxyl groups is 1. The molecule has 6 nitrogen and oxygen atoms in total.